The van der Waals surface area contributed by atoms with Crippen molar-refractivity contribution in [2.75, 3.05) is 6.61 Å². The number of phosphoric acid groups is 2. The number of carbonyl (C=O) groups excluding carboxylic acids is 1. The summed E-state index contributed by atoms with van der Waals surface area (Å²) in [7, 11) is -11.4. The molecular weight excluding hydrogens is 434 g/mol. The topological polar surface area (TPSA) is 254 Å². The van der Waals surface area contributed by atoms with Crippen molar-refractivity contribution in [3.05, 3.63) is 0 Å². The Hall–Kier alpha value is 3.73. The van der Waals surface area contributed by atoms with Crippen molar-refractivity contribution in [3.8, 4) is 0 Å². The normalized spacial score (nSPS) is 15.1. The van der Waals surface area contributed by atoms with Gasteiger partial charge in [-0.3, -0.25) is 0 Å². The Kier molecular flexibility index (Phi) is 35.9. The summed E-state index contributed by atoms with van der Waals surface area (Å²) in [6.07, 6.45) is -6.84. The second-order valence-corrected chi connectivity index (χ2v) is 5.78. The summed E-state index contributed by atoms with van der Waals surface area (Å²) < 4.78 is 21.2. The molecule has 0 amide bonds. The van der Waals surface area contributed by atoms with Crippen LogP contribution >= 0.6 is 15.6 Å². The van der Waals surface area contributed by atoms with E-state index in [0.29, 0.717) is 0 Å². The van der Waals surface area contributed by atoms with Crippen molar-refractivity contribution < 1.29 is 182 Å². The van der Waals surface area contributed by atoms with Crippen LogP contribution in [0.2, 0.25) is 0 Å². The van der Waals surface area contributed by atoms with Gasteiger partial charge in [0.05, 0.1) is 22.3 Å². The fourth-order valence-corrected chi connectivity index (χ4v) is 1.72. The fourth-order valence-electron chi connectivity index (χ4n) is 0.741. The molecule has 0 radical (unpaired) electrons. The first-order valence-electron chi connectivity index (χ1n) is 4.79. The summed E-state index contributed by atoms with van der Waals surface area (Å²) in [6, 6.07) is 0. The Morgan fingerprint density at radius 2 is 1.16 bits per heavy atom. The molecule has 0 saturated heterocycles. The standard InChI is InChI=1S/C6H12O6.4Na.H4O7P2/c7-1-3(9)5(11)6(12)4(10)2-8;;;;;1-8(2,3)7-9(4,5)6/h1,3-6,8-12H,2H2;;;;;(H2,1,2,3)(H2,4,5,6)/q;4*+1;/p-4/t3-,4+,5+,6+;;;;;/m0...../s1. The molecule has 13 nitrogen and oxygen atoms in total. The molecule has 5 N–H and O–H groups in total. The van der Waals surface area contributed by atoms with Crippen LogP contribution in [0.4, 0.5) is 0 Å². The van der Waals surface area contributed by atoms with Gasteiger partial charge in [-0.25, -0.2) is 0 Å². The van der Waals surface area contributed by atoms with Crippen molar-refractivity contribution in [2.24, 2.45) is 0 Å². The van der Waals surface area contributed by atoms with Gasteiger partial charge < -0.3 is 63.3 Å². The molecular formula is C6H12Na4O13P2. The molecule has 0 rings (SSSR count). The molecule has 0 aromatic rings. The van der Waals surface area contributed by atoms with E-state index in [0.717, 1.165) is 0 Å². The molecule has 19 heteroatoms. The third-order valence-electron chi connectivity index (χ3n) is 1.62. The molecule has 0 aromatic carbocycles. The van der Waals surface area contributed by atoms with Crippen LogP contribution in [-0.2, 0) is 18.2 Å². The minimum atomic E-state index is -5.68. The molecule has 0 heterocycles. The van der Waals surface area contributed by atoms with Crippen LogP contribution in [0.15, 0.2) is 0 Å². The number of aldehydes is 1. The first-order valence-corrected chi connectivity index (χ1v) is 7.71. The Balaban J connectivity index is -0.0000000639. The second-order valence-electron chi connectivity index (χ2n) is 3.33. The molecule has 0 aliphatic carbocycles. The summed E-state index contributed by atoms with van der Waals surface area (Å²) >= 11 is 0. The summed E-state index contributed by atoms with van der Waals surface area (Å²) in [5.41, 5.74) is 0. The molecule has 4 atom stereocenters. The van der Waals surface area contributed by atoms with Crippen LogP contribution in [-0.4, -0.2) is 62.8 Å². The Morgan fingerprint density at radius 1 is 0.840 bits per heavy atom. The minimum absolute atomic E-state index is 0. The Labute approximate surface area is 231 Å². The number of hydrogen-bond acceptors (Lipinski definition) is 13. The predicted molar refractivity (Wildman–Crippen MR) is 53.5 cm³/mol. The summed E-state index contributed by atoms with van der Waals surface area (Å²) in [6.45, 7) is -0.760. The van der Waals surface area contributed by atoms with Gasteiger partial charge in [0.25, 0.3) is 0 Å². The van der Waals surface area contributed by atoms with Gasteiger partial charge in [0, 0.05) is 0 Å². The fraction of sp³-hybridized carbons (Fsp3) is 0.833. The van der Waals surface area contributed by atoms with Gasteiger partial charge >= 0.3 is 118 Å². The number of carbonyl (C=O) groups is 1. The molecule has 0 fully saturated rings. The average molecular weight is 446 g/mol. The molecule has 0 unspecified atom stereocenters. The van der Waals surface area contributed by atoms with E-state index in [-0.39, 0.29) is 125 Å². The van der Waals surface area contributed by atoms with Gasteiger partial charge in [0.15, 0.2) is 6.29 Å². The van der Waals surface area contributed by atoms with Gasteiger partial charge in [-0.2, -0.15) is 0 Å². The molecule has 0 bridgehead atoms. The zero-order chi connectivity index (χ0) is 17.4. The number of aliphatic hydroxyl groups is 5. The van der Waals surface area contributed by atoms with Crippen molar-refractivity contribution in [1.82, 2.24) is 0 Å². The SMILES string of the molecule is O=C[C@H](O)[C@@H](O)[C@H](O)[C@H](O)CO.O=P([O-])([O-])OP(=O)([O-])[O-].[Na+].[Na+].[Na+].[Na+]. The first-order chi connectivity index (χ1) is 9.25. The van der Waals surface area contributed by atoms with Gasteiger partial charge in [-0.1, -0.05) is 0 Å². The average Bonchev–Trinajstić information content (AvgIpc) is 2.31. The van der Waals surface area contributed by atoms with Gasteiger partial charge in [0.1, 0.15) is 24.4 Å². The van der Waals surface area contributed by atoms with Crippen molar-refractivity contribution in [3.63, 3.8) is 0 Å². The second kappa shape index (κ2) is 21.0. The summed E-state index contributed by atoms with van der Waals surface area (Å²) in [4.78, 5) is 47.2. The molecule has 25 heavy (non-hydrogen) atoms. The van der Waals surface area contributed by atoms with Crippen LogP contribution in [0.5, 0.6) is 0 Å². The molecule has 0 aliphatic heterocycles. The van der Waals surface area contributed by atoms with E-state index in [9.17, 15) is 33.5 Å². The Morgan fingerprint density at radius 3 is 1.32 bits per heavy atom. The number of rotatable bonds is 7. The van der Waals surface area contributed by atoms with E-state index in [4.69, 9.17) is 25.5 Å². The zero-order valence-electron chi connectivity index (χ0n) is 14.0. The largest absolute Gasteiger partial charge is 1.00 e. The van der Waals surface area contributed by atoms with E-state index in [1.54, 1.807) is 0 Å². The molecule has 0 aromatic heterocycles. The van der Waals surface area contributed by atoms with E-state index in [2.05, 4.69) is 4.31 Å². The monoisotopic (exact) mass is 446 g/mol. The molecule has 0 saturated carbocycles. The third kappa shape index (κ3) is 27.7. The van der Waals surface area contributed by atoms with Crippen LogP contribution in [0, 0.1) is 0 Å². The first kappa shape index (κ1) is 42.8. The van der Waals surface area contributed by atoms with Crippen LogP contribution in [0.1, 0.15) is 0 Å². The van der Waals surface area contributed by atoms with Crippen molar-refractivity contribution in [1.29, 1.82) is 0 Å². The molecule has 0 aliphatic rings. The smallest absolute Gasteiger partial charge is 0.790 e. The van der Waals surface area contributed by atoms with Gasteiger partial charge in [0.2, 0.25) is 0 Å². The van der Waals surface area contributed by atoms with E-state index in [1.807, 2.05) is 0 Å². The minimum Gasteiger partial charge on any atom is -0.790 e. The van der Waals surface area contributed by atoms with Crippen LogP contribution in [0.25, 0.3) is 0 Å². The summed E-state index contributed by atoms with van der Waals surface area (Å²) in [5.74, 6) is 0. The van der Waals surface area contributed by atoms with Gasteiger partial charge in [-0.15, -0.1) is 0 Å². The quantitative estimate of drug-likeness (QED) is 0.138. The Bertz CT molecular complexity index is 382. The maximum Gasteiger partial charge on any atom is 1.00 e. The van der Waals surface area contributed by atoms with Crippen molar-refractivity contribution in [2.45, 2.75) is 24.4 Å². The van der Waals surface area contributed by atoms with Crippen LogP contribution < -0.4 is 138 Å². The van der Waals surface area contributed by atoms with Crippen molar-refractivity contribution >= 4 is 21.9 Å². The summed E-state index contributed by atoms with van der Waals surface area (Å²) in [5, 5.41) is 43.5. The van der Waals surface area contributed by atoms with E-state index < -0.39 is 46.7 Å². The molecule has 128 valence electrons. The zero-order valence-corrected chi connectivity index (χ0v) is 23.8. The number of aliphatic hydroxyl groups excluding tert-OH is 5. The number of hydrogen-bond donors (Lipinski definition) is 5. The van der Waals surface area contributed by atoms with E-state index in [1.165, 1.54) is 0 Å². The van der Waals surface area contributed by atoms with Crippen LogP contribution in [0.3, 0.4) is 0 Å². The third-order valence-corrected chi connectivity index (χ3v) is 3.22. The molecule has 0 spiro atoms. The predicted octanol–water partition coefficient (Wildman–Crippen LogP) is -18.7. The van der Waals surface area contributed by atoms with Gasteiger partial charge in [-0.05, 0) is 0 Å². The maximum atomic E-state index is 9.90. The maximum absolute atomic E-state index is 9.90. The van der Waals surface area contributed by atoms with E-state index >= 15 is 0 Å².